The van der Waals surface area contributed by atoms with Crippen molar-refractivity contribution < 1.29 is 14.7 Å². The molecule has 1 aromatic carbocycles. The quantitative estimate of drug-likeness (QED) is 0.737. The number of halogens is 2. The molecule has 0 aliphatic heterocycles. The van der Waals surface area contributed by atoms with Crippen LogP contribution in [-0.4, -0.2) is 29.6 Å². The Kier molecular flexibility index (Phi) is 5.40. The Morgan fingerprint density at radius 2 is 2.00 bits per heavy atom. The van der Waals surface area contributed by atoms with Gasteiger partial charge in [-0.2, -0.15) is 0 Å². The molecule has 0 aromatic heterocycles. The molecule has 0 unspecified atom stereocenters. The first-order valence-corrected chi connectivity index (χ1v) is 5.88. The lowest BCUT2D eigenvalue weighted by Gasteiger charge is -2.09. The summed E-state index contributed by atoms with van der Waals surface area (Å²) in [5.74, 6) is -1.71. The van der Waals surface area contributed by atoms with Crippen LogP contribution in [0.3, 0.4) is 0 Å². The molecule has 0 aliphatic rings. The first-order valence-electron chi connectivity index (χ1n) is 5.12. The van der Waals surface area contributed by atoms with Crippen LogP contribution in [0.25, 0.3) is 0 Å². The molecule has 0 aliphatic carbocycles. The molecule has 0 fully saturated rings. The highest BCUT2D eigenvalue weighted by Crippen LogP contribution is 2.25. The number of nitrogens with one attached hydrogen (secondary N) is 2. The van der Waals surface area contributed by atoms with Crippen LogP contribution in [0.2, 0.25) is 10.0 Å². The summed E-state index contributed by atoms with van der Waals surface area (Å²) in [7, 11) is 0. The maximum absolute atomic E-state index is 11.5. The van der Waals surface area contributed by atoms with Gasteiger partial charge in [0.25, 0.3) is 0 Å². The lowest BCUT2D eigenvalue weighted by Crippen LogP contribution is -2.38. The van der Waals surface area contributed by atoms with E-state index in [-0.39, 0.29) is 11.6 Å². The highest BCUT2D eigenvalue weighted by molar-refractivity contribution is 6.42. The van der Waals surface area contributed by atoms with E-state index >= 15 is 0 Å². The van der Waals surface area contributed by atoms with Crippen molar-refractivity contribution in [2.45, 2.75) is 13.0 Å². The van der Waals surface area contributed by atoms with Crippen molar-refractivity contribution in [1.29, 1.82) is 0 Å². The number of benzene rings is 1. The Morgan fingerprint density at radius 1 is 1.33 bits per heavy atom. The van der Waals surface area contributed by atoms with E-state index in [0.29, 0.717) is 10.7 Å². The molecule has 0 radical (unpaired) electrons. The molecule has 1 aromatic rings. The fourth-order valence-corrected chi connectivity index (χ4v) is 1.55. The third-order valence-corrected chi connectivity index (χ3v) is 2.49. The lowest BCUT2D eigenvalue weighted by atomic mass is 10.3. The van der Waals surface area contributed by atoms with Crippen molar-refractivity contribution in [3.63, 3.8) is 0 Å². The third kappa shape index (κ3) is 4.52. The Balaban J connectivity index is 2.61. The van der Waals surface area contributed by atoms with E-state index in [4.69, 9.17) is 28.3 Å². The number of aliphatic hydroxyl groups excluding tert-OH is 1. The highest BCUT2D eigenvalue weighted by atomic mass is 35.5. The van der Waals surface area contributed by atoms with Crippen LogP contribution in [0.1, 0.15) is 6.92 Å². The molecule has 0 spiro atoms. The molecular formula is C11H12Cl2N2O3. The smallest absolute Gasteiger partial charge is 0.313 e. The molecule has 0 heterocycles. The van der Waals surface area contributed by atoms with E-state index < -0.39 is 17.9 Å². The van der Waals surface area contributed by atoms with Gasteiger partial charge in [-0.05, 0) is 25.1 Å². The summed E-state index contributed by atoms with van der Waals surface area (Å²) in [5.41, 5.74) is 0.290. The van der Waals surface area contributed by atoms with Gasteiger partial charge in [0.15, 0.2) is 0 Å². The van der Waals surface area contributed by atoms with Crippen LogP contribution in [0.15, 0.2) is 18.2 Å². The van der Waals surface area contributed by atoms with E-state index in [1.54, 1.807) is 0 Å². The molecule has 0 saturated heterocycles. The van der Waals surface area contributed by atoms with Crippen molar-refractivity contribution in [3.05, 3.63) is 28.2 Å². The molecule has 3 N–H and O–H groups in total. The number of aliphatic hydroxyl groups is 1. The second kappa shape index (κ2) is 6.58. The minimum atomic E-state index is -0.861. The number of amides is 2. The van der Waals surface area contributed by atoms with Crippen LogP contribution >= 0.6 is 23.2 Å². The predicted molar refractivity (Wildman–Crippen MR) is 69.8 cm³/mol. The predicted octanol–water partition coefficient (Wildman–Crippen LogP) is 1.43. The van der Waals surface area contributed by atoms with Gasteiger partial charge in [-0.3, -0.25) is 9.59 Å². The summed E-state index contributed by atoms with van der Waals surface area (Å²) in [6.07, 6.45) is -0.721. The SMILES string of the molecule is C[C@H](O)CNC(=O)C(=O)Nc1ccc(Cl)cc1Cl. The number of hydrogen-bond acceptors (Lipinski definition) is 3. The van der Waals surface area contributed by atoms with E-state index in [0.717, 1.165) is 0 Å². The standard InChI is InChI=1S/C11H12Cl2N2O3/c1-6(16)5-14-10(17)11(18)15-9-3-2-7(12)4-8(9)13/h2-4,6,16H,5H2,1H3,(H,14,17)(H,15,18)/t6-/m0/s1. The van der Waals surface area contributed by atoms with Crippen LogP contribution in [0.5, 0.6) is 0 Å². The van der Waals surface area contributed by atoms with E-state index in [1.165, 1.54) is 25.1 Å². The Labute approximate surface area is 114 Å². The zero-order valence-electron chi connectivity index (χ0n) is 9.54. The van der Waals surface area contributed by atoms with Crippen molar-refractivity contribution in [2.24, 2.45) is 0 Å². The van der Waals surface area contributed by atoms with Gasteiger partial charge in [0.05, 0.1) is 16.8 Å². The number of rotatable bonds is 3. The summed E-state index contributed by atoms with van der Waals surface area (Å²) in [5, 5.41) is 14.2. The van der Waals surface area contributed by atoms with Crippen molar-refractivity contribution >= 4 is 40.7 Å². The average Bonchev–Trinajstić information content (AvgIpc) is 2.29. The molecule has 5 nitrogen and oxygen atoms in total. The van der Waals surface area contributed by atoms with E-state index in [9.17, 15) is 9.59 Å². The second-order valence-electron chi connectivity index (χ2n) is 3.64. The maximum atomic E-state index is 11.5. The van der Waals surface area contributed by atoms with Gasteiger partial charge in [0.1, 0.15) is 0 Å². The third-order valence-electron chi connectivity index (χ3n) is 1.94. The molecule has 1 atom stereocenters. The van der Waals surface area contributed by atoms with E-state index in [2.05, 4.69) is 10.6 Å². The second-order valence-corrected chi connectivity index (χ2v) is 4.48. The summed E-state index contributed by atoms with van der Waals surface area (Å²) < 4.78 is 0. The lowest BCUT2D eigenvalue weighted by molar-refractivity contribution is -0.136. The molecule has 7 heteroatoms. The fourth-order valence-electron chi connectivity index (χ4n) is 1.09. The van der Waals surface area contributed by atoms with Crippen molar-refractivity contribution in [2.75, 3.05) is 11.9 Å². The van der Waals surface area contributed by atoms with Gasteiger partial charge in [-0.25, -0.2) is 0 Å². The number of hydrogen-bond donors (Lipinski definition) is 3. The van der Waals surface area contributed by atoms with Gasteiger partial charge in [-0.15, -0.1) is 0 Å². The molecular weight excluding hydrogens is 279 g/mol. The number of carbonyl (C=O) groups excluding carboxylic acids is 2. The summed E-state index contributed by atoms with van der Waals surface area (Å²) in [6.45, 7) is 1.49. The van der Waals surface area contributed by atoms with Crippen molar-refractivity contribution in [1.82, 2.24) is 5.32 Å². The Bertz CT molecular complexity index is 464. The largest absolute Gasteiger partial charge is 0.392 e. The van der Waals surface area contributed by atoms with Crippen LogP contribution in [0.4, 0.5) is 5.69 Å². The van der Waals surface area contributed by atoms with E-state index in [1.807, 2.05) is 0 Å². The summed E-state index contributed by atoms with van der Waals surface area (Å²) in [4.78, 5) is 22.8. The first kappa shape index (κ1) is 14.8. The van der Waals surface area contributed by atoms with Gasteiger partial charge in [0, 0.05) is 11.6 Å². The fraction of sp³-hybridized carbons (Fsp3) is 0.273. The van der Waals surface area contributed by atoms with Crippen LogP contribution < -0.4 is 10.6 Å². The topological polar surface area (TPSA) is 78.4 Å². The minimum Gasteiger partial charge on any atom is -0.392 e. The number of carbonyl (C=O) groups is 2. The summed E-state index contributed by atoms with van der Waals surface area (Å²) >= 11 is 11.5. The van der Waals surface area contributed by atoms with Crippen LogP contribution in [-0.2, 0) is 9.59 Å². The Hall–Kier alpha value is -1.30. The molecule has 0 saturated carbocycles. The maximum Gasteiger partial charge on any atom is 0.313 e. The zero-order valence-corrected chi connectivity index (χ0v) is 11.0. The first-order chi connectivity index (χ1) is 8.40. The van der Waals surface area contributed by atoms with Gasteiger partial charge < -0.3 is 15.7 Å². The molecule has 98 valence electrons. The van der Waals surface area contributed by atoms with Gasteiger partial charge >= 0.3 is 11.8 Å². The molecule has 0 bridgehead atoms. The monoisotopic (exact) mass is 290 g/mol. The molecule has 1 rings (SSSR count). The van der Waals surface area contributed by atoms with Gasteiger partial charge in [0.2, 0.25) is 0 Å². The highest BCUT2D eigenvalue weighted by Gasteiger charge is 2.15. The molecule has 2 amide bonds. The minimum absolute atomic E-state index is 0.000599. The van der Waals surface area contributed by atoms with Crippen molar-refractivity contribution in [3.8, 4) is 0 Å². The zero-order chi connectivity index (χ0) is 13.7. The summed E-state index contributed by atoms with van der Waals surface area (Å²) in [6, 6.07) is 4.48. The normalized spacial score (nSPS) is 11.8. The number of anilines is 1. The Morgan fingerprint density at radius 3 is 2.56 bits per heavy atom. The van der Waals surface area contributed by atoms with Gasteiger partial charge in [-0.1, -0.05) is 23.2 Å². The average molecular weight is 291 g/mol. The molecule has 18 heavy (non-hydrogen) atoms. The van der Waals surface area contributed by atoms with Crippen LogP contribution in [0, 0.1) is 0 Å².